The van der Waals surface area contributed by atoms with Crippen LogP contribution in [0.1, 0.15) is 45.6 Å². The maximum absolute atomic E-state index is 12.3. The van der Waals surface area contributed by atoms with Gasteiger partial charge in [-0.15, -0.1) is 0 Å². The largest absolute Gasteiger partial charge is 0.346 e. The Morgan fingerprint density at radius 3 is 2.38 bits per heavy atom. The lowest BCUT2D eigenvalue weighted by molar-refractivity contribution is 0.0939. The summed E-state index contributed by atoms with van der Waals surface area (Å²) in [5, 5.41) is 3.07. The molecule has 21 heavy (non-hydrogen) atoms. The van der Waals surface area contributed by atoms with Crippen LogP contribution in [0.5, 0.6) is 0 Å². The third-order valence-electron chi connectivity index (χ3n) is 3.66. The standard InChI is InChI=1S/C18H20BrNO/c1-11-5-7-16(12(2)9-11)14(4)20-18(21)15-6-8-17(19)13(3)10-15/h5-10,14H,1-4H3,(H,20,21). The fourth-order valence-corrected chi connectivity index (χ4v) is 2.70. The van der Waals surface area contributed by atoms with Crippen molar-refractivity contribution in [2.45, 2.75) is 33.7 Å². The molecular weight excluding hydrogens is 326 g/mol. The Hall–Kier alpha value is -1.61. The molecule has 0 aliphatic carbocycles. The average Bonchev–Trinajstić information content (AvgIpc) is 2.41. The zero-order valence-corrected chi connectivity index (χ0v) is 14.4. The summed E-state index contributed by atoms with van der Waals surface area (Å²) < 4.78 is 1.02. The van der Waals surface area contributed by atoms with Crippen LogP contribution in [0.15, 0.2) is 40.9 Å². The molecular formula is C18H20BrNO. The Labute approximate surface area is 134 Å². The summed E-state index contributed by atoms with van der Waals surface area (Å²) in [6.07, 6.45) is 0. The highest BCUT2D eigenvalue weighted by atomic mass is 79.9. The fourth-order valence-electron chi connectivity index (χ4n) is 2.46. The van der Waals surface area contributed by atoms with Crippen LogP contribution >= 0.6 is 15.9 Å². The number of nitrogens with one attached hydrogen (secondary N) is 1. The summed E-state index contributed by atoms with van der Waals surface area (Å²) in [5.74, 6) is -0.0434. The average molecular weight is 346 g/mol. The third-order valence-corrected chi connectivity index (χ3v) is 4.55. The first-order valence-electron chi connectivity index (χ1n) is 7.02. The van der Waals surface area contributed by atoms with Crippen LogP contribution < -0.4 is 5.32 Å². The first-order chi connectivity index (χ1) is 9.88. The van der Waals surface area contributed by atoms with Crippen LogP contribution in [-0.2, 0) is 0 Å². The van der Waals surface area contributed by atoms with Crippen LogP contribution in [0, 0.1) is 20.8 Å². The number of aryl methyl sites for hydroxylation is 3. The number of carbonyl (C=O) groups is 1. The summed E-state index contributed by atoms with van der Waals surface area (Å²) in [7, 11) is 0. The van der Waals surface area contributed by atoms with E-state index in [-0.39, 0.29) is 11.9 Å². The van der Waals surface area contributed by atoms with Crippen molar-refractivity contribution in [1.82, 2.24) is 5.32 Å². The Morgan fingerprint density at radius 2 is 1.76 bits per heavy atom. The van der Waals surface area contributed by atoms with Crippen molar-refractivity contribution >= 4 is 21.8 Å². The third kappa shape index (κ3) is 3.73. The normalized spacial score (nSPS) is 12.0. The van der Waals surface area contributed by atoms with Crippen LogP contribution in [0.3, 0.4) is 0 Å². The quantitative estimate of drug-likeness (QED) is 0.844. The van der Waals surface area contributed by atoms with Crippen molar-refractivity contribution in [3.8, 4) is 0 Å². The molecule has 2 aromatic carbocycles. The van der Waals surface area contributed by atoms with Crippen molar-refractivity contribution in [1.29, 1.82) is 0 Å². The summed E-state index contributed by atoms with van der Waals surface area (Å²) in [4.78, 5) is 12.3. The number of amides is 1. The van der Waals surface area contributed by atoms with E-state index in [0.29, 0.717) is 5.56 Å². The van der Waals surface area contributed by atoms with Gasteiger partial charge in [-0.25, -0.2) is 0 Å². The lowest BCUT2D eigenvalue weighted by Gasteiger charge is -2.17. The number of benzene rings is 2. The molecule has 1 unspecified atom stereocenters. The topological polar surface area (TPSA) is 29.1 Å². The molecule has 0 heterocycles. The smallest absolute Gasteiger partial charge is 0.251 e. The van der Waals surface area contributed by atoms with Gasteiger partial charge in [-0.2, -0.15) is 0 Å². The van der Waals surface area contributed by atoms with E-state index in [0.717, 1.165) is 15.6 Å². The monoisotopic (exact) mass is 345 g/mol. The molecule has 1 atom stereocenters. The molecule has 2 aromatic rings. The minimum Gasteiger partial charge on any atom is -0.346 e. The molecule has 0 saturated carbocycles. The minimum atomic E-state index is -0.0434. The van der Waals surface area contributed by atoms with E-state index < -0.39 is 0 Å². The molecule has 1 amide bonds. The molecule has 0 spiro atoms. The van der Waals surface area contributed by atoms with Crippen molar-refractivity contribution in [2.75, 3.05) is 0 Å². The van der Waals surface area contributed by atoms with Crippen molar-refractivity contribution in [3.05, 3.63) is 68.7 Å². The predicted molar refractivity (Wildman–Crippen MR) is 90.7 cm³/mol. The number of carbonyl (C=O) groups excluding carboxylic acids is 1. The molecule has 0 aliphatic rings. The lowest BCUT2D eigenvalue weighted by atomic mass is 10.00. The summed E-state index contributed by atoms with van der Waals surface area (Å²) >= 11 is 3.45. The first-order valence-corrected chi connectivity index (χ1v) is 7.82. The number of rotatable bonds is 3. The van der Waals surface area contributed by atoms with Crippen LogP contribution in [0.25, 0.3) is 0 Å². The van der Waals surface area contributed by atoms with Gasteiger partial charge in [0.05, 0.1) is 6.04 Å². The highest BCUT2D eigenvalue weighted by Crippen LogP contribution is 2.20. The van der Waals surface area contributed by atoms with E-state index >= 15 is 0 Å². The maximum Gasteiger partial charge on any atom is 0.251 e. The first kappa shape index (κ1) is 15.8. The van der Waals surface area contributed by atoms with E-state index in [1.54, 1.807) is 0 Å². The lowest BCUT2D eigenvalue weighted by Crippen LogP contribution is -2.27. The molecule has 2 nitrogen and oxygen atoms in total. The zero-order chi connectivity index (χ0) is 15.6. The van der Waals surface area contributed by atoms with E-state index in [4.69, 9.17) is 0 Å². The van der Waals surface area contributed by atoms with Crippen molar-refractivity contribution in [2.24, 2.45) is 0 Å². The van der Waals surface area contributed by atoms with E-state index in [1.807, 2.05) is 32.0 Å². The highest BCUT2D eigenvalue weighted by Gasteiger charge is 2.13. The molecule has 0 aliphatic heterocycles. The molecule has 3 heteroatoms. The molecule has 1 N–H and O–H groups in total. The van der Waals surface area contributed by atoms with Gasteiger partial charge in [0.15, 0.2) is 0 Å². The summed E-state index contributed by atoms with van der Waals surface area (Å²) in [6, 6.07) is 11.9. The van der Waals surface area contributed by atoms with Gasteiger partial charge < -0.3 is 5.32 Å². The van der Waals surface area contributed by atoms with Gasteiger partial charge in [-0.1, -0.05) is 39.7 Å². The Balaban J connectivity index is 2.16. The van der Waals surface area contributed by atoms with Crippen LogP contribution in [0.2, 0.25) is 0 Å². The SMILES string of the molecule is Cc1ccc(C(C)NC(=O)c2ccc(Br)c(C)c2)c(C)c1. The summed E-state index contributed by atoms with van der Waals surface area (Å²) in [5.41, 5.74) is 5.34. The van der Waals surface area contributed by atoms with Gasteiger partial charge >= 0.3 is 0 Å². The van der Waals surface area contributed by atoms with Crippen LogP contribution in [-0.4, -0.2) is 5.91 Å². The second-order valence-corrected chi connectivity index (χ2v) is 6.37. The van der Waals surface area contributed by atoms with Gasteiger partial charge in [-0.3, -0.25) is 4.79 Å². The highest BCUT2D eigenvalue weighted by molar-refractivity contribution is 9.10. The maximum atomic E-state index is 12.3. The molecule has 0 fully saturated rings. The molecule has 110 valence electrons. The van der Waals surface area contributed by atoms with E-state index in [2.05, 4.69) is 53.3 Å². The number of hydrogen-bond donors (Lipinski definition) is 1. The van der Waals surface area contributed by atoms with Crippen molar-refractivity contribution < 1.29 is 4.79 Å². The molecule has 0 bridgehead atoms. The second kappa shape index (κ2) is 6.44. The Bertz CT molecular complexity index is 679. The molecule has 0 saturated heterocycles. The molecule has 2 rings (SSSR count). The zero-order valence-electron chi connectivity index (χ0n) is 12.8. The number of hydrogen-bond acceptors (Lipinski definition) is 1. The predicted octanol–water partition coefficient (Wildman–Crippen LogP) is 4.87. The minimum absolute atomic E-state index is 0.0120. The fraction of sp³-hybridized carbons (Fsp3) is 0.278. The van der Waals surface area contributed by atoms with Gasteiger partial charge in [0.1, 0.15) is 0 Å². The van der Waals surface area contributed by atoms with E-state index in [1.165, 1.54) is 11.1 Å². The molecule has 0 aromatic heterocycles. The Morgan fingerprint density at radius 1 is 1.05 bits per heavy atom. The van der Waals surface area contributed by atoms with Gasteiger partial charge in [-0.05, 0) is 62.6 Å². The van der Waals surface area contributed by atoms with Gasteiger partial charge in [0.25, 0.3) is 5.91 Å². The molecule has 0 radical (unpaired) electrons. The van der Waals surface area contributed by atoms with Gasteiger partial charge in [0, 0.05) is 10.0 Å². The Kier molecular flexibility index (Phi) is 4.84. The van der Waals surface area contributed by atoms with Gasteiger partial charge in [0.2, 0.25) is 0 Å². The summed E-state index contributed by atoms with van der Waals surface area (Å²) in [6.45, 7) is 8.15. The van der Waals surface area contributed by atoms with E-state index in [9.17, 15) is 4.79 Å². The van der Waals surface area contributed by atoms with Crippen molar-refractivity contribution in [3.63, 3.8) is 0 Å². The number of halogens is 1. The van der Waals surface area contributed by atoms with Crippen LogP contribution in [0.4, 0.5) is 0 Å². The second-order valence-electron chi connectivity index (χ2n) is 5.52.